The zero-order valence-electron chi connectivity index (χ0n) is 13.5. The highest BCUT2D eigenvalue weighted by Gasteiger charge is 2.32. The molecule has 2 aromatic rings. The standard InChI is InChI=1S/C15H20N6O3/c1-11-8-19(15(22)18-14(11)20-10-16-9-17-20)12-5-6-21(24-12)13-4-2-3-7-23-13/h8-10,12-13H,2-7H2,1H3. The number of ether oxygens (including phenoxy) is 1. The van der Waals surface area contributed by atoms with E-state index in [1.165, 1.54) is 17.3 Å². The minimum absolute atomic E-state index is 0.0112. The van der Waals surface area contributed by atoms with E-state index >= 15 is 0 Å². The molecule has 2 aliphatic heterocycles. The Morgan fingerprint density at radius 2 is 2.17 bits per heavy atom. The lowest BCUT2D eigenvalue weighted by atomic mass is 10.2. The maximum Gasteiger partial charge on any atom is 0.351 e. The number of nitrogens with zero attached hydrogens (tertiary/aromatic N) is 6. The van der Waals surface area contributed by atoms with Gasteiger partial charge in [-0.3, -0.25) is 9.40 Å². The van der Waals surface area contributed by atoms with Gasteiger partial charge in [0.2, 0.25) is 0 Å². The third-order valence-corrected chi connectivity index (χ3v) is 4.38. The van der Waals surface area contributed by atoms with Crippen LogP contribution in [0.25, 0.3) is 5.82 Å². The molecule has 0 amide bonds. The summed E-state index contributed by atoms with van der Waals surface area (Å²) in [5.41, 5.74) is 0.471. The second kappa shape index (κ2) is 6.42. The Morgan fingerprint density at radius 3 is 2.92 bits per heavy atom. The summed E-state index contributed by atoms with van der Waals surface area (Å²) < 4.78 is 8.77. The van der Waals surface area contributed by atoms with Gasteiger partial charge in [0.25, 0.3) is 0 Å². The quantitative estimate of drug-likeness (QED) is 0.821. The number of hydroxylamine groups is 2. The maximum atomic E-state index is 12.4. The summed E-state index contributed by atoms with van der Waals surface area (Å²) in [5, 5.41) is 5.89. The first kappa shape index (κ1) is 15.4. The van der Waals surface area contributed by atoms with E-state index in [0.29, 0.717) is 5.82 Å². The van der Waals surface area contributed by atoms with Crippen molar-refractivity contribution < 1.29 is 9.57 Å². The molecule has 0 bridgehead atoms. The summed E-state index contributed by atoms with van der Waals surface area (Å²) in [6.45, 7) is 3.39. The Labute approximate surface area is 138 Å². The molecule has 2 fully saturated rings. The molecular formula is C15H20N6O3. The average molecular weight is 332 g/mol. The third-order valence-electron chi connectivity index (χ3n) is 4.38. The molecular weight excluding hydrogens is 312 g/mol. The van der Waals surface area contributed by atoms with Gasteiger partial charge in [-0.15, -0.1) is 0 Å². The van der Waals surface area contributed by atoms with Crippen LogP contribution in [0, 0.1) is 6.92 Å². The molecule has 9 nitrogen and oxygen atoms in total. The molecule has 2 aliphatic rings. The largest absolute Gasteiger partial charge is 0.361 e. The first-order valence-corrected chi connectivity index (χ1v) is 8.22. The van der Waals surface area contributed by atoms with Crippen LogP contribution >= 0.6 is 0 Å². The molecule has 0 N–H and O–H groups in total. The highest BCUT2D eigenvalue weighted by Crippen LogP contribution is 2.28. The number of aromatic nitrogens is 5. The van der Waals surface area contributed by atoms with Crippen molar-refractivity contribution in [2.75, 3.05) is 13.2 Å². The number of hydrogen-bond acceptors (Lipinski definition) is 7. The Hall–Kier alpha value is -2.10. The van der Waals surface area contributed by atoms with Crippen LogP contribution in [0.5, 0.6) is 0 Å². The van der Waals surface area contributed by atoms with E-state index in [2.05, 4.69) is 15.1 Å². The molecule has 2 saturated heterocycles. The summed E-state index contributed by atoms with van der Waals surface area (Å²) >= 11 is 0. The molecule has 0 spiro atoms. The highest BCUT2D eigenvalue weighted by atomic mass is 16.7. The average Bonchev–Trinajstić information content (AvgIpc) is 3.29. The summed E-state index contributed by atoms with van der Waals surface area (Å²) in [6.07, 6.45) is 8.27. The van der Waals surface area contributed by atoms with Gasteiger partial charge in [0.05, 0.1) is 0 Å². The van der Waals surface area contributed by atoms with E-state index in [1.807, 2.05) is 12.0 Å². The van der Waals surface area contributed by atoms with Crippen LogP contribution in [0.15, 0.2) is 23.6 Å². The van der Waals surface area contributed by atoms with E-state index < -0.39 is 0 Å². The van der Waals surface area contributed by atoms with Crippen LogP contribution in [-0.4, -0.2) is 48.8 Å². The molecule has 0 saturated carbocycles. The summed E-state index contributed by atoms with van der Waals surface area (Å²) in [7, 11) is 0. The van der Waals surface area contributed by atoms with Gasteiger partial charge in [0, 0.05) is 31.3 Å². The lowest BCUT2D eigenvalue weighted by molar-refractivity contribution is -0.262. The Morgan fingerprint density at radius 1 is 1.25 bits per heavy atom. The molecule has 4 heterocycles. The van der Waals surface area contributed by atoms with E-state index in [1.54, 1.807) is 10.8 Å². The fourth-order valence-electron chi connectivity index (χ4n) is 3.17. The van der Waals surface area contributed by atoms with Crippen molar-refractivity contribution in [1.29, 1.82) is 0 Å². The second-order valence-electron chi connectivity index (χ2n) is 6.09. The van der Waals surface area contributed by atoms with Crippen LogP contribution in [0.4, 0.5) is 0 Å². The predicted molar refractivity (Wildman–Crippen MR) is 83.2 cm³/mol. The van der Waals surface area contributed by atoms with Gasteiger partial charge in [-0.2, -0.15) is 15.1 Å². The van der Waals surface area contributed by atoms with Gasteiger partial charge < -0.3 is 4.74 Å². The molecule has 2 aromatic heterocycles. The SMILES string of the molecule is Cc1cn(C2CCN(C3CCCCO3)O2)c(=O)nc1-n1cncn1. The maximum absolute atomic E-state index is 12.4. The van der Waals surface area contributed by atoms with Crippen LogP contribution in [-0.2, 0) is 9.57 Å². The number of rotatable bonds is 3. The Kier molecular flexibility index (Phi) is 4.13. The van der Waals surface area contributed by atoms with Crippen LogP contribution < -0.4 is 5.69 Å². The molecule has 24 heavy (non-hydrogen) atoms. The van der Waals surface area contributed by atoms with E-state index in [0.717, 1.165) is 44.4 Å². The zero-order valence-corrected chi connectivity index (χ0v) is 13.5. The zero-order chi connectivity index (χ0) is 16.5. The van der Waals surface area contributed by atoms with Crippen molar-refractivity contribution in [1.82, 2.24) is 29.4 Å². The number of aryl methyl sites for hydroxylation is 1. The number of hydrogen-bond donors (Lipinski definition) is 0. The molecule has 4 rings (SSSR count). The summed E-state index contributed by atoms with van der Waals surface area (Å²) in [6, 6.07) is 0. The van der Waals surface area contributed by atoms with Gasteiger partial charge in [-0.1, -0.05) is 0 Å². The normalized spacial score (nSPS) is 25.2. The van der Waals surface area contributed by atoms with Crippen molar-refractivity contribution in [3.63, 3.8) is 0 Å². The molecule has 0 aliphatic carbocycles. The monoisotopic (exact) mass is 332 g/mol. The fraction of sp³-hybridized carbons (Fsp3) is 0.600. The molecule has 9 heteroatoms. The Balaban J connectivity index is 1.54. The van der Waals surface area contributed by atoms with Crippen molar-refractivity contribution in [3.8, 4) is 5.82 Å². The molecule has 2 atom stereocenters. The summed E-state index contributed by atoms with van der Waals surface area (Å²) in [4.78, 5) is 26.4. The van der Waals surface area contributed by atoms with Gasteiger partial charge in [0.1, 0.15) is 18.9 Å². The third kappa shape index (κ3) is 2.85. The van der Waals surface area contributed by atoms with Crippen molar-refractivity contribution >= 4 is 0 Å². The highest BCUT2D eigenvalue weighted by molar-refractivity contribution is 5.28. The van der Waals surface area contributed by atoms with Gasteiger partial charge in [0.15, 0.2) is 12.0 Å². The predicted octanol–water partition coefficient (Wildman–Crippen LogP) is 0.795. The molecule has 2 unspecified atom stereocenters. The lowest BCUT2D eigenvalue weighted by Crippen LogP contribution is -2.37. The van der Waals surface area contributed by atoms with Crippen molar-refractivity contribution in [2.24, 2.45) is 0 Å². The van der Waals surface area contributed by atoms with Crippen LogP contribution in [0.3, 0.4) is 0 Å². The van der Waals surface area contributed by atoms with E-state index in [-0.39, 0.29) is 18.1 Å². The van der Waals surface area contributed by atoms with Crippen LogP contribution in [0.1, 0.15) is 37.5 Å². The fourth-order valence-corrected chi connectivity index (χ4v) is 3.17. The summed E-state index contributed by atoms with van der Waals surface area (Å²) in [5.74, 6) is 0.485. The minimum Gasteiger partial charge on any atom is -0.361 e. The minimum atomic E-state index is -0.359. The Bertz CT molecular complexity index is 753. The molecule has 128 valence electrons. The van der Waals surface area contributed by atoms with Crippen LogP contribution in [0.2, 0.25) is 0 Å². The van der Waals surface area contributed by atoms with E-state index in [9.17, 15) is 4.79 Å². The second-order valence-corrected chi connectivity index (χ2v) is 6.09. The topological polar surface area (TPSA) is 87.3 Å². The smallest absolute Gasteiger partial charge is 0.351 e. The first-order chi connectivity index (χ1) is 11.7. The van der Waals surface area contributed by atoms with Gasteiger partial charge in [-0.25, -0.2) is 14.5 Å². The van der Waals surface area contributed by atoms with E-state index in [4.69, 9.17) is 9.57 Å². The molecule has 0 aromatic carbocycles. The van der Waals surface area contributed by atoms with Crippen molar-refractivity contribution in [2.45, 2.75) is 45.1 Å². The van der Waals surface area contributed by atoms with Crippen molar-refractivity contribution in [3.05, 3.63) is 34.9 Å². The first-order valence-electron chi connectivity index (χ1n) is 8.22. The molecule has 0 radical (unpaired) electrons. The lowest BCUT2D eigenvalue weighted by Gasteiger charge is -2.30. The van der Waals surface area contributed by atoms with Gasteiger partial charge >= 0.3 is 5.69 Å². The van der Waals surface area contributed by atoms with Gasteiger partial charge in [-0.05, 0) is 26.2 Å².